The molecule has 8 nitrogen and oxygen atoms in total. The van der Waals surface area contributed by atoms with Crippen LogP contribution in [-0.4, -0.2) is 55.0 Å². The monoisotopic (exact) mass is 620 g/mol. The number of ether oxygens (including phenoxy) is 3. The quantitative estimate of drug-likeness (QED) is 0.121. The number of rotatable bonds is 18. The Bertz CT molecular complexity index is 897. The predicted molar refractivity (Wildman–Crippen MR) is 174 cm³/mol. The summed E-state index contributed by atoms with van der Waals surface area (Å²) in [6.07, 6.45) is 20.9. The Morgan fingerprint density at radius 1 is 0.818 bits per heavy atom. The van der Waals surface area contributed by atoms with E-state index in [1.807, 2.05) is 13.8 Å². The standard InChI is InChI=1S/C36H64N2O6/c1-6-7-8-9-10-11-12-13-14-17-23-36(24-18-19-25-36)33(41)38-28-20-15-16-21-29(28)43-30(39)22-26-37-32(40)31-34(2,3)27-42-35(4,5)44-31/h28-29,31H,6-27H2,1-5H3,(H,37,40)(H,38,41)/t28-,29-,31?/m0/s1. The first-order valence-corrected chi connectivity index (χ1v) is 18.1. The fraction of sp³-hybridized carbons (Fsp3) is 0.917. The van der Waals surface area contributed by atoms with E-state index in [0.717, 1.165) is 64.2 Å². The molecule has 1 saturated heterocycles. The first kappa shape index (κ1) is 36.8. The Morgan fingerprint density at radius 2 is 1.43 bits per heavy atom. The number of unbranched alkanes of at least 4 members (excludes halogenated alkanes) is 9. The van der Waals surface area contributed by atoms with Crippen molar-refractivity contribution in [3.63, 3.8) is 0 Å². The summed E-state index contributed by atoms with van der Waals surface area (Å²) in [6.45, 7) is 10.3. The van der Waals surface area contributed by atoms with Crippen molar-refractivity contribution >= 4 is 17.8 Å². The highest BCUT2D eigenvalue weighted by Crippen LogP contribution is 2.43. The minimum atomic E-state index is -0.832. The van der Waals surface area contributed by atoms with Crippen LogP contribution in [0.15, 0.2) is 0 Å². The third kappa shape index (κ3) is 11.6. The van der Waals surface area contributed by atoms with Gasteiger partial charge in [0.2, 0.25) is 11.8 Å². The third-order valence-electron chi connectivity index (χ3n) is 10.1. The molecule has 3 atom stereocenters. The zero-order chi connectivity index (χ0) is 32.1. The van der Waals surface area contributed by atoms with E-state index in [0.29, 0.717) is 6.61 Å². The van der Waals surface area contributed by atoms with Crippen LogP contribution in [-0.2, 0) is 28.6 Å². The molecule has 0 radical (unpaired) electrons. The molecule has 0 bridgehead atoms. The van der Waals surface area contributed by atoms with Crippen molar-refractivity contribution in [1.82, 2.24) is 10.6 Å². The van der Waals surface area contributed by atoms with Gasteiger partial charge in [-0.15, -0.1) is 0 Å². The summed E-state index contributed by atoms with van der Waals surface area (Å²) >= 11 is 0. The first-order chi connectivity index (χ1) is 21.0. The molecule has 0 spiro atoms. The molecule has 2 amide bonds. The molecule has 3 aliphatic rings. The molecule has 1 heterocycles. The zero-order valence-electron chi connectivity index (χ0n) is 28.7. The Labute approximate surface area is 267 Å². The molecule has 2 N–H and O–H groups in total. The van der Waals surface area contributed by atoms with Crippen LogP contribution < -0.4 is 10.6 Å². The SMILES string of the molecule is CCCCCCCCCCCCC1(C(=O)N[C@H]2CCCC[C@@H]2OC(=O)CCNC(=O)C2OC(C)(C)OCC2(C)C)CCCC1. The van der Waals surface area contributed by atoms with E-state index in [1.54, 1.807) is 13.8 Å². The first-order valence-electron chi connectivity index (χ1n) is 18.1. The lowest BCUT2D eigenvalue weighted by molar-refractivity contribution is -0.304. The minimum absolute atomic E-state index is 0.0820. The number of carbonyl (C=O) groups is 3. The van der Waals surface area contributed by atoms with Crippen LogP contribution in [0.3, 0.4) is 0 Å². The minimum Gasteiger partial charge on any atom is -0.460 e. The molecule has 2 saturated carbocycles. The fourth-order valence-electron chi connectivity index (χ4n) is 7.25. The average molecular weight is 621 g/mol. The predicted octanol–water partition coefficient (Wildman–Crippen LogP) is 7.51. The summed E-state index contributed by atoms with van der Waals surface area (Å²) in [5, 5.41) is 6.22. The van der Waals surface area contributed by atoms with Crippen LogP contribution in [0.5, 0.6) is 0 Å². The Balaban J connectivity index is 1.40. The Hall–Kier alpha value is -1.67. The van der Waals surface area contributed by atoms with Crippen molar-refractivity contribution in [3.8, 4) is 0 Å². The van der Waals surface area contributed by atoms with Gasteiger partial charge in [0.1, 0.15) is 12.2 Å². The lowest BCUT2D eigenvalue weighted by Gasteiger charge is -2.44. The summed E-state index contributed by atoms with van der Waals surface area (Å²) in [5.74, 6) is -1.24. The molecular weight excluding hydrogens is 556 g/mol. The molecular formula is C36H64N2O6. The van der Waals surface area contributed by atoms with Crippen LogP contribution in [0.25, 0.3) is 0 Å². The van der Waals surface area contributed by atoms with Crippen LogP contribution in [0.1, 0.15) is 163 Å². The van der Waals surface area contributed by atoms with Crippen molar-refractivity contribution in [3.05, 3.63) is 0 Å². The smallest absolute Gasteiger partial charge is 0.307 e. The van der Waals surface area contributed by atoms with E-state index in [2.05, 4.69) is 17.6 Å². The average Bonchev–Trinajstić information content (AvgIpc) is 3.47. The molecule has 3 rings (SSSR count). The van der Waals surface area contributed by atoms with Gasteiger partial charge in [0.15, 0.2) is 5.79 Å². The highest BCUT2D eigenvalue weighted by atomic mass is 16.7. The van der Waals surface area contributed by atoms with Gasteiger partial charge in [-0.25, -0.2) is 0 Å². The molecule has 44 heavy (non-hydrogen) atoms. The molecule has 0 aromatic rings. The van der Waals surface area contributed by atoms with Gasteiger partial charge in [0.25, 0.3) is 0 Å². The molecule has 8 heteroatoms. The number of hydrogen-bond acceptors (Lipinski definition) is 6. The van der Waals surface area contributed by atoms with E-state index < -0.39 is 17.3 Å². The van der Waals surface area contributed by atoms with Crippen LogP contribution in [0.4, 0.5) is 0 Å². The van der Waals surface area contributed by atoms with Crippen molar-refractivity contribution in [2.75, 3.05) is 13.2 Å². The Morgan fingerprint density at radius 3 is 2.09 bits per heavy atom. The van der Waals surface area contributed by atoms with Crippen LogP contribution in [0.2, 0.25) is 0 Å². The summed E-state index contributed by atoms with van der Waals surface area (Å²) in [4.78, 5) is 39.5. The van der Waals surface area contributed by atoms with Crippen molar-refractivity contribution in [2.24, 2.45) is 10.8 Å². The highest BCUT2D eigenvalue weighted by Gasteiger charge is 2.46. The second-order valence-electron chi connectivity index (χ2n) is 15.0. The second-order valence-corrected chi connectivity index (χ2v) is 15.0. The fourth-order valence-corrected chi connectivity index (χ4v) is 7.25. The topological polar surface area (TPSA) is 103 Å². The van der Waals surface area contributed by atoms with Gasteiger partial charge in [-0.1, -0.05) is 104 Å². The highest BCUT2D eigenvalue weighted by molar-refractivity contribution is 5.83. The summed E-state index contributed by atoms with van der Waals surface area (Å²) in [5.41, 5.74) is -0.733. The van der Waals surface area contributed by atoms with E-state index in [1.165, 1.54) is 57.8 Å². The van der Waals surface area contributed by atoms with Gasteiger partial charge in [-0.3, -0.25) is 14.4 Å². The van der Waals surface area contributed by atoms with Crippen molar-refractivity contribution in [1.29, 1.82) is 0 Å². The molecule has 2 aliphatic carbocycles. The lowest BCUT2D eigenvalue weighted by atomic mass is 9.79. The largest absolute Gasteiger partial charge is 0.460 e. The van der Waals surface area contributed by atoms with Gasteiger partial charge in [0, 0.05) is 17.4 Å². The number of nitrogens with one attached hydrogen (secondary N) is 2. The van der Waals surface area contributed by atoms with Gasteiger partial charge in [-0.05, 0) is 52.4 Å². The zero-order valence-corrected chi connectivity index (χ0v) is 28.7. The van der Waals surface area contributed by atoms with Gasteiger partial charge in [0.05, 0.1) is 19.1 Å². The number of esters is 1. The molecule has 254 valence electrons. The van der Waals surface area contributed by atoms with E-state index in [9.17, 15) is 14.4 Å². The second kappa shape index (κ2) is 17.9. The Kier molecular flexibility index (Phi) is 14.9. The number of carbonyl (C=O) groups excluding carboxylic acids is 3. The molecule has 0 aromatic carbocycles. The lowest BCUT2D eigenvalue weighted by Crippen LogP contribution is -2.56. The maximum Gasteiger partial charge on any atom is 0.307 e. The van der Waals surface area contributed by atoms with Gasteiger partial charge >= 0.3 is 5.97 Å². The van der Waals surface area contributed by atoms with Gasteiger partial charge < -0.3 is 24.8 Å². The third-order valence-corrected chi connectivity index (χ3v) is 10.1. The molecule has 3 fully saturated rings. The maximum absolute atomic E-state index is 13.7. The van der Waals surface area contributed by atoms with Crippen molar-refractivity contribution in [2.45, 2.75) is 187 Å². The summed E-state index contributed by atoms with van der Waals surface area (Å²) in [6, 6.07) is -0.140. The molecule has 0 aromatic heterocycles. The van der Waals surface area contributed by atoms with Crippen molar-refractivity contribution < 1.29 is 28.6 Å². The van der Waals surface area contributed by atoms with E-state index in [4.69, 9.17) is 14.2 Å². The van der Waals surface area contributed by atoms with Gasteiger partial charge in [-0.2, -0.15) is 0 Å². The van der Waals surface area contributed by atoms with E-state index >= 15 is 0 Å². The molecule has 1 aliphatic heterocycles. The summed E-state index contributed by atoms with van der Waals surface area (Å²) < 4.78 is 17.5. The molecule has 1 unspecified atom stereocenters. The van der Waals surface area contributed by atoms with Crippen LogP contribution >= 0.6 is 0 Å². The maximum atomic E-state index is 13.7. The normalized spacial score (nSPS) is 25.7. The number of amides is 2. The van der Waals surface area contributed by atoms with Crippen LogP contribution in [0, 0.1) is 10.8 Å². The summed E-state index contributed by atoms with van der Waals surface area (Å²) in [7, 11) is 0. The number of hydrogen-bond donors (Lipinski definition) is 2. The van der Waals surface area contributed by atoms with E-state index in [-0.39, 0.29) is 48.3 Å².